The van der Waals surface area contributed by atoms with Crippen LogP contribution in [0.5, 0.6) is 5.75 Å². The summed E-state index contributed by atoms with van der Waals surface area (Å²) in [6.45, 7) is 3.08. The van der Waals surface area contributed by atoms with E-state index in [0.29, 0.717) is 0 Å². The molecule has 1 unspecified atom stereocenters. The maximum atomic E-state index is 6.15. The predicted octanol–water partition coefficient (Wildman–Crippen LogP) is 5.20. The van der Waals surface area contributed by atoms with E-state index in [9.17, 15) is 0 Å². The molecule has 0 aliphatic heterocycles. The molecule has 0 amide bonds. The smallest absolute Gasteiger partial charge is 0.124 e. The van der Waals surface area contributed by atoms with E-state index in [-0.39, 0.29) is 6.04 Å². The van der Waals surface area contributed by atoms with Crippen LogP contribution in [0.3, 0.4) is 0 Å². The molecule has 0 aliphatic rings. The molecule has 0 aliphatic carbocycles. The summed E-state index contributed by atoms with van der Waals surface area (Å²) >= 11 is 9.69. The van der Waals surface area contributed by atoms with Crippen molar-refractivity contribution in [2.45, 2.75) is 19.4 Å². The Morgan fingerprint density at radius 3 is 2.71 bits per heavy atom. The van der Waals surface area contributed by atoms with E-state index in [2.05, 4.69) is 40.3 Å². The SMILES string of the molecule is CCCNC(c1cccc(Cl)c1)c1cc(Br)ccc1OC. The van der Waals surface area contributed by atoms with Crippen LogP contribution in [0.1, 0.15) is 30.5 Å². The van der Waals surface area contributed by atoms with Gasteiger partial charge in [-0.05, 0) is 48.9 Å². The molecule has 0 aromatic heterocycles. The van der Waals surface area contributed by atoms with Gasteiger partial charge in [0, 0.05) is 15.1 Å². The Morgan fingerprint density at radius 1 is 1.24 bits per heavy atom. The summed E-state index contributed by atoms with van der Waals surface area (Å²) in [5, 5.41) is 4.31. The van der Waals surface area contributed by atoms with Crippen molar-refractivity contribution in [2.24, 2.45) is 0 Å². The first-order chi connectivity index (χ1) is 10.2. The van der Waals surface area contributed by atoms with Gasteiger partial charge in [-0.25, -0.2) is 0 Å². The quantitative estimate of drug-likeness (QED) is 0.756. The number of rotatable bonds is 6. The molecule has 2 aromatic carbocycles. The summed E-state index contributed by atoms with van der Waals surface area (Å²) < 4.78 is 6.55. The van der Waals surface area contributed by atoms with E-state index in [0.717, 1.165) is 39.3 Å². The number of methoxy groups -OCH3 is 1. The van der Waals surface area contributed by atoms with Crippen molar-refractivity contribution in [1.82, 2.24) is 5.32 Å². The van der Waals surface area contributed by atoms with Gasteiger partial charge < -0.3 is 10.1 Å². The minimum atomic E-state index is 0.0519. The molecule has 2 nitrogen and oxygen atoms in total. The molecule has 1 N–H and O–H groups in total. The van der Waals surface area contributed by atoms with Crippen LogP contribution in [0.4, 0.5) is 0 Å². The van der Waals surface area contributed by atoms with Crippen molar-refractivity contribution in [3.05, 3.63) is 63.1 Å². The van der Waals surface area contributed by atoms with E-state index in [1.54, 1.807) is 7.11 Å². The van der Waals surface area contributed by atoms with E-state index in [1.807, 2.05) is 30.3 Å². The minimum absolute atomic E-state index is 0.0519. The summed E-state index contributed by atoms with van der Waals surface area (Å²) in [7, 11) is 1.70. The van der Waals surface area contributed by atoms with Gasteiger partial charge in [0.25, 0.3) is 0 Å². The fourth-order valence-corrected chi connectivity index (χ4v) is 2.89. The summed E-state index contributed by atoms with van der Waals surface area (Å²) in [6, 6.07) is 14.0. The molecular formula is C17H19BrClNO. The average Bonchev–Trinajstić information content (AvgIpc) is 2.48. The third-order valence-electron chi connectivity index (χ3n) is 3.28. The molecule has 2 rings (SSSR count). The molecule has 0 fully saturated rings. The molecule has 21 heavy (non-hydrogen) atoms. The zero-order chi connectivity index (χ0) is 15.2. The molecule has 0 spiro atoms. The van der Waals surface area contributed by atoms with Gasteiger partial charge in [0.1, 0.15) is 5.75 Å². The first kappa shape index (κ1) is 16.3. The van der Waals surface area contributed by atoms with Gasteiger partial charge >= 0.3 is 0 Å². The maximum Gasteiger partial charge on any atom is 0.124 e. The van der Waals surface area contributed by atoms with Gasteiger partial charge in [-0.15, -0.1) is 0 Å². The third-order valence-corrected chi connectivity index (χ3v) is 4.01. The maximum absolute atomic E-state index is 6.15. The number of hydrogen-bond donors (Lipinski definition) is 1. The Hall–Kier alpha value is -1.03. The van der Waals surface area contributed by atoms with Gasteiger partial charge in [-0.3, -0.25) is 0 Å². The first-order valence-corrected chi connectivity index (χ1v) is 8.15. The summed E-state index contributed by atoms with van der Waals surface area (Å²) in [5.74, 6) is 0.867. The lowest BCUT2D eigenvalue weighted by Crippen LogP contribution is -2.23. The zero-order valence-electron chi connectivity index (χ0n) is 12.2. The zero-order valence-corrected chi connectivity index (χ0v) is 14.5. The third kappa shape index (κ3) is 4.22. The Labute approximate surface area is 139 Å². The van der Waals surface area contributed by atoms with Crippen LogP contribution < -0.4 is 10.1 Å². The average molecular weight is 369 g/mol. The van der Waals surface area contributed by atoms with Crippen molar-refractivity contribution in [2.75, 3.05) is 13.7 Å². The van der Waals surface area contributed by atoms with Crippen LogP contribution in [0.25, 0.3) is 0 Å². The van der Waals surface area contributed by atoms with Crippen molar-refractivity contribution in [3.8, 4) is 5.75 Å². The monoisotopic (exact) mass is 367 g/mol. The number of halogens is 2. The number of benzene rings is 2. The fraction of sp³-hybridized carbons (Fsp3) is 0.294. The summed E-state index contributed by atoms with van der Waals surface area (Å²) in [5.41, 5.74) is 2.23. The van der Waals surface area contributed by atoms with Gasteiger partial charge in [0.2, 0.25) is 0 Å². The number of nitrogens with one attached hydrogen (secondary N) is 1. The first-order valence-electron chi connectivity index (χ1n) is 6.98. The lowest BCUT2D eigenvalue weighted by Gasteiger charge is -2.22. The Bertz CT molecular complexity index is 603. The molecule has 0 saturated carbocycles. The second-order valence-electron chi connectivity index (χ2n) is 4.83. The van der Waals surface area contributed by atoms with Crippen LogP contribution in [0, 0.1) is 0 Å². The highest BCUT2D eigenvalue weighted by atomic mass is 79.9. The Morgan fingerprint density at radius 2 is 2.05 bits per heavy atom. The number of ether oxygens (including phenoxy) is 1. The van der Waals surface area contributed by atoms with Crippen LogP contribution in [-0.2, 0) is 0 Å². The molecule has 0 bridgehead atoms. The lowest BCUT2D eigenvalue weighted by atomic mass is 9.97. The van der Waals surface area contributed by atoms with E-state index >= 15 is 0 Å². The van der Waals surface area contributed by atoms with Gasteiger partial charge in [0.05, 0.1) is 13.2 Å². The highest BCUT2D eigenvalue weighted by molar-refractivity contribution is 9.10. The van der Waals surface area contributed by atoms with Crippen molar-refractivity contribution in [1.29, 1.82) is 0 Å². The highest BCUT2D eigenvalue weighted by Crippen LogP contribution is 2.33. The molecule has 4 heteroatoms. The summed E-state index contributed by atoms with van der Waals surface area (Å²) in [4.78, 5) is 0. The summed E-state index contributed by atoms with van der Waals surface area (Å²) in [6.07, 6.45) is 1.06. The minimum Gasteiger partial charge on any atom is -0.496 e. The fourth-order valence-electron chi connectivity index (χ4n) is 2.31. The van der Waals surface area contributed by atoms with E-state index < -0.39 is 0 Å². The largest absolute Gasteiger partial charge is 0.496 e. The molecule has 0 heterocycles. The van der Waals surface area contributed by atoms with Gasteiger partial charge in [-0.2, -0.15) is 0 Å². The Balaban J connectivity index is 2.47. The van der Waals surface area contributed by atoms with Crippen LogP contribution in [0.15, 0.2) is 46.9 Å². The topological polar surface area (TPSA) is 21.3 Å². The number of hydrogen-bond acceptors (Lipinski definition) is 2. The molecule has 2 aromatic rings. The molecule has 0 radical (unpaired) electrons. The van der Waals surface area contributed by atoms with E-state index in [4.69, 9.17) is 16.3 Å². The molecule has 1 atom stereocenters. The predicted molar refractivity (Wildman–Crippen MR) is 92.3 cm³/mol. The second kappa shape index (κ2) is 7.83. The van der Waals surface area contributed by atoms with Crippen molar-refractivity contribution in [3.63, 3.8) is 0 Å². The van der Waals surface area contributed by atoms with Gasteiger partial charge in [0.15, 0.2) is 0 Å². The normalized spacial score (nSPS) is 12.2. The van der Waals surface area contributed by atoms with Gasteiger partial charge in [-0.1, -0.05) is 46.6 Å². The molecule has 112 valence electrons. The van der Waals surface area contributed by atoms with Crippen LogP contribution in [0.2, 0.25) is 5.02 Å². The lowest BCUT2D eigenvalue weighted by molar-refractivity contribution is 0.403. The van der Waals surface area contributed by atoms with Crippen LogP contribution in [-0.4, -0.2) is 13.7 Å². The Kier molecular flexibility index (Phi) is 6.09. The second-order valence-corrected chi connectivity index (χ2v) is 6.18. The highest BCUT2D eigenvalue weighted by Gasteiger charge is 2.18. The van der Waals surface area contributed by atoms with Crippen molar-refractivity contribution >= 4 is 27.5 Å². The molecule has 0 saturated heterocycles. The van der Waals surface area contributed by atoms with Crippen molar-refractivity contribution < 1.29 is 4.74 Å². The molecular weight excluding hydrogens is 350 g/mol. The van der Waals surface area contributed by atoms with Crippen LogP contribution >= 0.6 is 27.5 Å². The standard InChI is InChI=1S/C17H19BrClNO/c1-3-9-20-17(12-5-4-6-14(19)10-12)15-11-13(18)7-8-16(15)21-2/h4-8,10-11,17,20H,3,9H2,1-2H3. The van der Waals surface area contributed by atoms with E-state index in [1.165, 1.54) is 0 Å².